The van der Waals surface area contributed by atoms with Gasteiger partial charge in [0.05, 0.1) is 22.8 Å². The van der Waals surface area contributed by atoms with Crippen LogP contribution in [0.25, 0.3) is 33.8 Å². The molecule has 0 spiro atoms. The van der Waals surface area contributed by atoms with Gasteiger partial charge in [-0.15, -0.1) is 0 Å². The molecule has 4 aromatic rings. The van der Waals surface area contributed by atoms with Gasteiger partial charge in [-0.25, -0.2) is 4.42 Å². The Hall–Kier alpha value is -3.41. The number of aryl methyl sites for hydroxylation is 1. The summed E-state index contributed by atoms with van der Waals surface area (Å²) in [4.78, 5) is 0. The molecule has 6 heteroatoms. The van der Waals surface area contributed by atoms with Gasteiger partial charge in [0.25, 0.3) is 0 Å². The molecule has 0 saturated heterocycles. The van der Waals surface area contributed by atoms with E-state index in [-0.39, 0.29) is 0 Å². The predicted octanol–water partition coefficient (Wildman–Crippen LogP) is 7.96. The van der Waals surface area contributed by atoms with Crippen LogP contribution in [0, 0.1) is 0 Å². The van der Waals surface area contributed by atoms with Crippen molar-refractivity contribution in [2.75, 3.05) is 0 Å². The summed E-state index contributed by atoms with van der Waals surface area (Å²) in [6.07, 6.45) is 2.07. The van der Waals surface area contributed by atoms with Crippen LogP contribution in [-0.2, 0) is 12.8 Å². The van der Waals surface area contributed by atoms with E-state index >= 15 is 0 Å². The van der Waals surface area contributed by atoms with E-state index in [0.29, 0.717) is 0 Å². The fraction of sp³-hybridized carbons (Fsp3) is 0.0800. The summed E-state index contributed by atoms with van der Waals surface area (Å²) in [5.41, 5.74) is 7.54. The fourth-order valence-corrected chi connectivity index (χ4v) is 3.85. The normalized spacial score (nSPS) is 12.3. The van der Waals surface area contributed by atoms with Crippen LogP contribution in [0.2, 0.25) is 0 Å². The summed E-state index contributed by atoms with van der Waals surface area (Å²) in [7, 11) is -6.00. The minimum absolute atomic E-state index is 0.917. The third-order valence-corrected chi connectivity index (χ3v) is 5.14. The van der Waals surface area contributed by atoms with E-state index in [1.165, 1.54) is 27.8 Å². The van der Waals surface area contributed by atoms with Gasteiger partial charge in [-0.1, -0.05) is 66.7 Å². The third kappa shape index (κ3) is 5.02. The molecule has 0 atom stereocenters. The summed E-state index contributed by atoms with van der Waals surface area (Å²) in [6.45, 7) is 0. The van der Waals surface area contributed by atoms with Gasteiger partial charge >= 0.3 is 18.8 Å². The third-order valence-electron chi connectivity index (χ3n) is 5.14. The van der Waals surface area contributed by atoms with Crippen molar-refractivity contribution in [3.63, 3.8) is 0 Å². The molecule has 3 aromatic carbocycles. The summed E-state index contributed by atoms with van der Waals surface area (Å²) in [6, 6.07) is 31.8. The van der Waals surface area contributed by atoms with Gasteiger partial charge < -0.3 is 17.3 Å². The first kappa shape index (κ1) is 20.9. The highest BCUT2D eigenvalue weighted by Gasteiger charge is 2.31. The maximum Gasteiger partial charge on any atom is 0.673 e. The van der Waals surface area contributed by atoms with E-state index in [9.17, 15) is 17.3 Å². The zero-order valence-electron chi connectivity index (χ0n) is 16.6. The van der Waals surface area contributed by atoms with Gasteiger partial charge in [0.15, 0.2) is 0 Å². The molecule has 0 fully saturated rings. The quantitative estimate of drug-likeness (QED) is 0.181. The number of hydrogen-bond donors (Lipinski definition) is 0. The van der Waals surface area contributed by atoms with Crippen molar-refractivity contribution in [2.45, 2.75) is 12.8 Å². The summed E-state index contributed by atoms with van der Waals surface area (Å²) < 4.78 is 45.5. The van der Waals surface area contributed by atoms with Gasteiger partial charge in [-0.2, -0.15) is 0 Å². The van der Waals surface area contributed by atoms with Gasteiger partial charge in [-0.05, 0) is 42.2 Å². The predicted molar refractivity (Wildman–Crippen MR) is 117 cm³/mol. The van der Waals surface area contributed by atoms with Crippen LogP contribution in [0.1, 0.15) is 11.1 Å². The van der Waals surface area contributed by atoms with Crippen molar-refractivity contribution in [1.29, 1.82) is 0 Å². The fourth-order valence-electron chi connectivity index (χ4n) is 3.85. The van der Waals surface area contributed by atoms with Gasteiger partial charge in [0.2, 0.25) is 0 Å². The average Bonchev–Trinajstić information content (AvgIpc) is 2.78. The highest BCUT2D eigenvalue weighted by Crippen LogP contribution is 2.41. The van der Waals surface area contributed by atoms with Crippen molar-refractivity contribution in [1.82, 2.24) is 0 Å². The minimum Gasteiger partial charge on any atom is -0.418 e. The molecule has 0 unspecified atom stereocenters. The van der Waals surface area contributed by atoms with Crippen molar-refractivity contribution < 1.29 is 21.7 Å². The zero-order chi connectivity index (χ0) is 21.8. The first-order chi connectivity index (χ1) is 14.9. The van der Waals surface area contributed by atoms with Crippen molar-refractivity contribution in [2.24, 2.45) is 0 Å². The molecule has 0 aliphatic heterocycles. The second-order valence-electron chi connectivity index (χ2n) is 7.22. The summed E-state index contributed by atoms with van der Waals surface area (Å²) >= 11 is 0. The smallest absolute Gasteiger partial charge is 0.418 e. The molecule has 1 aliphatic rings. The van der Waals surface area contributed by atoms with Crippen molar-refractivity contribution in [3.05, 3.63) is 102 Å². The highest BCUT2D eigenvalue weighted by atomic mass is 19.5. The van der Waals surface area contributed by atoms with Crippen LogP contribution in [0.3, 0.4) is 0 Å². The average molecular weight is 422 g/mol. The Labute approximate surface area is 178 Å². The lowest BCUT2D eigenvalue weighted by atomic mass is 9.85. The molecule has 0 saturated carbocycles. The molecular formula is C25H19BF4O. The molecule has 0 radical (unpaired) electrons. The molecular weight excluding hydrogens is 403 g/mol. The summed E-state index contributed by atoms with van der Waals surface area (Å²) in [5, 5.41) is 0. The van der Waals surface area contributed by atoms with Gasteiger partial charge in [-0.3, -0.25) is 0 Å². The van der Waals surface area contributed by atoms with Crippen LogP contribution in [0.15, 0.2) is 95.4 Å². The Morgan fingerprint density at radius 2 is 1.16 bits per heavy atom. The number of halogens is 4. The van der Waals surface area contributed by atoms with E-state index in [4.69, 9.17) is 4.42 Å². The summed E-state index contributed by atoms with van der Waals surface area (Å²) in [5.74, 6) is 1.94. The standard InChI is InChI=1S/C25H19O.BF4/c1-3-9-18(10-4-1)23-17-24(20-12-5-2-6-13-20)26-25-21-14-8-7-11-19(21)15-16-22(23)25;2-1(3,4)5/h1-14,17H,15-16H2;/q+1;-1. The second-order valence-corrected chi connectivity index (χ2v) is 7.22. The first-order valence-electron chi connectivity index (χ1n) is 9.96. The van der Waals surface area contributed by atoms with Gasteiger partial charge in [0.1, 0.15) is 0 Å². The van der Waals surface area contributed by atoms with Crippen LogP contribution in [0.5, 0.6) is 0 Å². The van der Waals surface area contributed by atoms with Crippen LogP contribution >= 0.6 is 0 Å². The lowest BCUT2D eigenvalue weighted by Gasteiger charge is -2.16. The molecule has 1 aromatic heterocycles. The molecule has 0 bridgehead atoms. The Bertz CT molecular complexity index is 1150. The molecule has 1 nitrogen and oxygen atoms in total. The van der Waals surface area contributed by atoms with Crippen LogP contribution < -0.4 is 0 Å². The monoisotopic (exact) mass is 422 g/mol. The Morgan fingerprint density at radius 3 is 1.81 bits per heavy atom. The Morgan fingerprint density at radius 1 is 0.613 bits per heavy atom. The van der Waals surface area contributed by atoms with Crippen molar-refractivity contribution >= 4 is 7.25 Å². The minimum atomic E-state index is -6.00. The van der Waals surface area contributed by atoms with Crippen LogP contribution in [-0.4, -0.2) is 7.25 Å². The SMILES string of the molecule is F[B-](F)(F)F.c1ccc(-c2cc(-c3ccccc3)c3c([o+]2)-c2ccccc2CC3)cc1. The lowest BCUT2D eigenvalue weighted by molar-refractivity contribution is 0.368. The molecule has 0 amide bonds. The first-order valence-corrected chi connectivity index (χ1v) is 9.96. The van der Waals surface area contributed by atoms with E-state index in [0.717, 1.165) is 29.9 Å². The molecule has 1 aliphatic carbocycles. The molecule has 0 N–H and O–H groups in total. The molecule has 31 heavy (non-hydrogen) atoms. The number of rotatable bonds is 2. The van der Waals surface area contributed by atoms with E-state index < -0.39 is 7.25 Å². The van der Waals surface area contributed by atoms with Crippen LogP contribution in [0.4, 0.5) is 17.3 Å². The number of fused-ring (bicyclic) bond motifs is 3. The van der Waals surface area contributed by atoms with E-state index in [2.05, 4.69) is 84.9 Å². The molecule has 1 heterocycles. The lowest BCUT2D eigenvalue weighted by Crippen LogP contribution is -2.06. The molecule has 156 valence electrons. The maximum atomic E-state index is 9.75. The van der Waals surface area contributed by atoms with E-state index in [1.54, 1.807) is 0 Å². The second kappa shape index (κ2) is 8.76. The molecule has 5 rings (SSSR count). The zero-order valence-corrected chi connectivity index (χ0v) is 16.6. The highest BCUT2D eigenvalue weighted by molar-refractivity contribution is 6.50. The Balaban J connectivity index is 0.000000418. The van der Waals surface area contributed by atoms with Gasteiger partial charge in [0, 0.05) is 5.56 Å². The van der Waals surface area contributed by atoms with E-state index in [1.807, 2.05) is 6.07 Å². The topological polar surface area (TPSA) is 11.3 Å². The Kier molecular flexibility index (Phi) is 5.89. The number of hydrogen-bond acceptors (Lipinski definition) is 0. The number of benzene rings is 3. The largest absolute Gasteiger partial charge is 0.673 e. The maximum absolute atomic E-state index is 9.75. The van der Waals surface area contributed by atoms with Crippen molar-refractivity contribution in [3.8, 4) is 33.8 Å².